The van der Waals surface area contributed by atoms with E-state index in [0.717, 1.165) is 42.7 Å². The molecule has 0 heterocycles. The summed E-state index contributed by atoms with van der Waals surface area (Å²) in [6.45, 7) is 11.1. The van der Waals surface area contributed by atoms with Gasteiger partial charge in [0.15, 0.2) is 0 Å². The third kappa shape index (κ3) is 6.81. The SMILES string of the molecule is C=C1/C(=C\C=C2/CCC[C@@]3(C)C2CC[C@@H]3CCCCC(C)(C)O)CCC(OCCCO)C1O. The molecule has 0 amide bonds. The largest absolute Gasteiger partial charge is 0.396 e. The molecule has 0 saturated heterocycles. The van der Waals surface area contributed by atoms with Gasteiger partial charge in [-0.15, -0.1) is 0 Å². The molecule has 0 spiro atoms. The summed E-state index contributed by atoms with van der Waals surface area (Å²) >= 11 is 0. The molecule has 3 saturated carbocycles. The summed E-state index contributed by atoms with van der Waals surface area (Å²) in [7, 11) is 0. The fraction of sp³-hybridized carbons (Fsp3) is 0.793. The maximum atomic E-state index is 10.7. The van der Waals surface area contributed by atoms with Crippen molar-refractivity contribution in [1.82, 2.24) is 0 Å². The first-order chi connectivity index (χ1) is 15.7. The topological polar surface area (TPSA) is 69.9 Å². The lowest BCUT2D eigenvalue weighted by Crippen LogP contribution is -2.35. The molecule has 188 valence electrons. The smallest absolute Gasteiger partial charge is 0.105 e. The fourth-order valence-electron chi connectivity index (χ4n) is 6.67. The highest BCUT2D eigenvalue weighted by atomic mass is 16.5. The zero-order chi connectivity index (χ0) is 24.1. The van der Waals surface area contributed by atoms with Crippen molar-refractivity contribution in [3.05, 3.63) is 35.5 Å². The molecule has 3 fully saturated rings. The number of hydrogen-bond donors (Lipinski definition) is 3. The van der Waals surface area contributed by atoms with Crippen LogP contribution in [0.5, 0.6) is 0 Å². The van der Waals surface area contributed by atoms with E-state index in [1.807, 2.05) is 13.8 Å². The molecule has 3 aliphatic rings. The number of rotatable bonds is 10. The van der Waals surface area contributed by atoms with E-state index in [1.54, 1.807) is 5.57 Å². The van der Waals surface area contributed by atoms with E-state index in [0.29, 0.717) is 24.4 Å². The van der Waals surface area contributed by atoms with Crippen molar-refractivity contribution in [2.24, 2.45) is 17.3 Å². The number of ether oxygens (including phenoxy) is 1. The van der Waals surface area contributed by atoms with E-state index in [9.17, 15) is 10.2 Å². The number of allylic oxidation sites excluding steroid dienone is 3. The van der Waals surface area contributed by atoms with Crippen molar-refractivity contribution in [1.29, 1.82) is 0 Å². The lowest BCUT2D eigenvalue weighted by Gasteiger charge is -2.42. The van der Waals surface area contributed by atoms with E-state index in [2.05, 4.69) is 25.7 Å². The molecule has 4 nitrogen and oxygen atoms in total. The van der Waals surface area contributed by atoms with E-state index >= 15 is 0 Å². The molecule has 4 heteroatoms. The van der Waals surface area contributed by atoms with Gasteiger partial charge in [-0.25, -0.2) is 0 Å². The molecule has 3 N–H and O–H groups in total. The standard InChI is InChI=1S/C29H48O4/c1-21-22(13-16-26(27(21)31)33-20-8-19-30)11-12-23-9-7-18-29(4)24(14-15-25(23)29)10-5-6-17-28(2,3)32/h11-12,24-27,30-32H,1,5-10,13-20H2,2-4H3/b22-11-,23-12+/t24-,25?,26?,27?,29+/m0/s1. The molecular weight excluding hydrogens is 412 g/mol. The molecule has 3 aliphatic carbocycles. The van der Waals surface area contributed by atoms with Crippen molar-refractivity contribution in [2.45, 2.75) is 116 Å². The first kappa shape index (κ1) is 26.7. The van der Waals surface area contributed by atoms with Crippen molar-refractivity contribution < 1.29 is 20.1 Å². The van der Waals surface area contributed by atoms with Crippen LogP contribution >= 0.6 is 0 Å². The Labute approximate surface area is 201 Å². The minimum atomic E-state index is -0.654. The zero-order valence-corrected chi connectivity index (χ0v) is 21.3. The van der Waals surface area contributed by atoms with Gasteiger partial charge >= 0.3 is 0 Å². The average molecular weight is 461 g/mol. The summed E-state index contributed by atoms with van der Waals surface area (Å²) in [5.74, 6) is 1.47. The Morgan fingerprint density at radius 2 is 1.91 bits per heavy atom. The van der Waals surface area contributed by atoms with Gasteiger partial charge in [0, 0.05) is 13.2 Å². The number of aliphatic hydroxyl groups excluding tert-OH is 2. The summed E-state index contributed by atoms with van der Waals surface area (Å²) in [5.41, 5.74) is 3.41. The van der Waals surface area contributed by atoms with Gasteiger partial charge in [0.2, 0.25) is 0 Å². The lowest BCUT2D eigenvalue weighted by atomic mass is 9.62. The summed E-state index contributed by atoms with van der Waals surface area (Å²) < 4.78 is 5.76. The Balaban J connectivity index is 1.59. The highest BCUT2D eigenvalue weighted by Gasteiger charge is 2.48. The van der Waals surface area contributed by atoms with Gasteiger partial charge in [0.1, 0.15) is 6.10 Å². The van der Waals surface area contributed by atoms with Crippen LogP contribution in [0.2, 0.25) is 0 Å². The molecule has 3 rings (SSSR count). The second kappa shape index (κ2) is 11.7. The maximum absolute atomic E-state index is 10.7. The minimum absolute atomic E-state index is 0.115. The number of fused-ring (bicyclic) bond motifs is 1. The van der Waals surface area contributed by atoms with Crippen LogP contribution in [0.15, 0.2) is 35.5 Å². The first-order valence-electron chi connectivity index (χ1n) is 13.4. The molecule has 0 aliphatic heterocycles. The van der Waals surface area contributed by atoms with Crippen molar-refractivity contribution >= 4 is 0 Å². The van der Waals surface area contributed by atoms with Crippen LogP contribution in [0.1, 0.15) is 97.8 Å². The Bertz CT molecular complexity index is 716. The van der Waals surface area contributed by atoms with Crippen LogP contribution in [0, 0.1) is 17.3 Å². The van der Waals surface area contributed by atoms with E-state index in [1.165, 1.54) is 44.9 Å². The summed E-state index contributed by atoms with van der Waals surface area (Å²) in [6, 6.07) is 0. The fourth-order valence-corrected chi connectivity index (χ4v) is 6.67. The molecule has 33 heavy (non-hydrogen) atoms. The van der Waals surface area contributed by atoms with E-state index in [-0.39, 0.29) is 12.7 Å². The van der Waals surface area contributed by atoms with Gasteiger partial charge in [-0.2, -0.15) is 0 Å². The molecule has 5 atom stereocenters. The number of hydrogen-bond acceptors (Lipinski definition) is 4. The van der Waals surface area contributed by atoms with Crippen LogP contribution in [0.4, 0.5) is 0 Å². The average Bonchev–Trinajstić information content (AvgIpc) is 3.10. The van der Waals surface area contributed by atoms with Gasteiger partial charge in [-0.05, 0) is 106 Å². The van der Waals surface area contributed by atoms with E-state index in [4.69, 9.17) is 9.84 Å². The Morgan fingerprint density at radius 1 is 1.12 bits per heavy atom. The number of unbranched alkanes of at least 4 members (excludes halogenated alkanes) is 1. The molecule has 0 bridgehead atoms. The Morgan fingerprint density at radius 3 is 2.64 bits per heavy atom. The second-order valence-electron chi connectivity index (χ2n) is 11.7. The first-order valence-corrected chi connectivity index (χ1v) is 13.4. The monoisotopic (exact) mass is 460 g/mol. The second-order valence-corrected chi connectivity index (χ2v) is 11.7. The molecule has 0 radical (unpaired) electrons. The summed E-state index contributed by atoms with van der Waals surface area (Å²) in [5, 5.41) is 29.6. The van der Waals surface area contributed by atoms with Gasteiger partial charge in [-0.1, -0.05) is 44.1 Å². The molecule has 0 aromatic rings. The Hall–Kier alpha value is -0.940. The van der Waals surface area contributed by atoms with E-state index < -0.39 is 11.7 Å². The van der Waals surface area contributed by atoms with Crippen molar-refractivity contribution in [2.75, 3.05) is 13.2 Å². The summed E-state index contributed by atoms with van der Waals surface area (Å²) in [4.78, 5) is 0. The van der Waals surface area contributed by atoms with Crippen molar-refractivity contribution in [3.63, 3.8) is 0 Å². The predicted octanol–water partition coefficient (Wildman–Crippen LogP) is 5.87. The van der Waals surface area contributed by atoms with Crippen LogP contribution in [-0.4, -0.2) is 46.3 Å². The van der Waals surface area contributed by atoms with Crippen LogP contribution in [-0.2, 0) is 4.74 Å². The third-order valence-electron chi connectivity index (χ3n) is 8.70. The predicted molar refractivity (Wildman–Crippen MR) is 135 cm³/mol. The Kier molecular flexibility index (Phi) is 9.42. The number of aliphatic hydroxyl groups is 3. The highest BCUT2D eigenvalue weighted by Crippen LogP contribution is 2.58. The highest BCUT2D eigenvalue weighted by molar-refractivity contribution is 5.39. The molecule has 0 aromatic carbocycles. The lowest BCUT2D eigenvalue weighted by molar-refractivity contribution is -0.0346. The molecular formula is C29H48O4. The normalized spacial score (nSPS) is 35.4. The zero-order valence-electron chi connectivity index (χ0n) is 21.3. The summed E-state index contributed by atoms with van der Waals surface area (Å²) in [6.07, 6.45) is 17.0. The van der Waals surface area contributed by atoms with Crippen molar-refractivity contribution in [3.8, 4) is 0 Å². The van der Waals surface area contributed by atoms with Gasteiger partial charge in [0.25, 0.3) is 0 Å². The van der Waals surface area contributed by atoms with Crippen LogP contribution in [0.3, 0.4) is 0 Å². The van der Waals surface area contributed by atoms with Gasteiger partial charge < -0.3 is 20.1 Å². The van der Waals surface area contributed by atoms with Gasteiger partial charge in [-0.3, -0.25) is 0 Å². The maximum Gasteiger partial charge on any atom is 0.105 e. The third-order valence-corrected chi connectivity index (χ3v) is 8.70. The van der Waals surface area contributed by atoms with Crippen LogP contribution in [0.25, 0.3) is 0 Å². The quantitative estimate of drug-likeness (QED) is 0.357. The van der Waals surface area contributed by atoms with Gasteiger partial charge in [0.05, 0.1) is 11.7 Å². The van der Waals surface area contributed by atoms with Crippen LogP contribution < -0.4 is 0 Å². The molecule has 0 aromatic heterocycles. The molecule has 3 unspecified atom stereocenters. The minimum Gasteiger partial charge on any atom is -0.396 e.